The van der Waals surface area contributed by atoms with Crippen molar-refractivity contribution < 1.29 is 5.73 Å². The van der Waals surface area contributed by atoms with Gasteiger partial charge in [-0.1, -0.05) is 0 Å². The van der Waals surface area contributed by atoms with E-state index in [1.54, 1.807) is 0 Å². The molecule has 0 atom stereocenters. The van der Waals surface area contributed by atoms with Crippen LogP contribution in [-0.4, -0.2) is 16.1 Å². The van der Waals surface area contributed by atoms with Crippen LogP contribution in [0.4, 0.5) is 0 Å². The van der Waals surface area contributed by atoms with Crippen molar-refractivity contribution in [1.29, 1.82) is 0 Å². The summed E-state index contributed by atoms with van der Waals surface area (Å²) in [6, 6.07) is 0. The van der Waals surface area contributed by atoms with Gasteiger partial charge < -0.3 is 10.3 Å². The van der Waals surface area contributed by atoms with E-state index in [-0.39, 0.29) is 0 Å². The molecule has 0 amide bonds. The van der Waals surface area contributed by atoms with Gasteiger partial charge in [0.1, 0.15) is 0 Å². The third kappa shape index (κ3) is 2.19. The van der Waals surface area contributed by atoms with Crippen molar-refractivity contribution in [1.82, 2.24) is 9.55 Å². The van der Waals surface area contributed by atoms with Gasteiger partial charge in [-0.25, -0.2) is 4.98 Å². The lowest BCUT2D eigenvalue weighted by Crippen LogP contribution is -2.50. The zero-order valence-electron chi connectivity index (χ0n) is 6.16. The highest BCUT2D eigenvalue weighted by Gasteiger charge is 1.88. The topological polar surface area (TPSA) is 45.5 Å². The molecule has 10 heavy (non-hydrogen) atoms. The van der Waals surface area contributed by atoms with Gasteiger partial charge in [0.2, 0.25) is 0 Å². The third-order valence-electron chi connectivity index (χ3n) is 1.48. The van der Waals surface area contributed by atoms with E-state index >= 15 is 0 Å². The summed E-state index contributed by atoms with van der Waals surface area (Å²) in [5, 5.41) is 0. The number of hydrogen-bond acceptors (Lipinski definition) is 1. The summed E-state index contributed by atoms with van der Waals surface area (Å²) in [6.07, 6.45) is 8.06. The van der Waals surface area contributed by atoms with Crippen LogP contribution in [0.1, 0.15) is 12.8 Å². The van der Waals surface area contributed by atoms with Crippen LogP contribution in [0.3, 0.4) is 0 Å². The van der Waals surface area contributed by atoms with Gasteiger partial charge in [-0.3, -0.25) is 0 Å². The molecule has 0 saturated heterocycles. The van der Waals surface area contributed by atoms with Gasteiger partial charge in [0, 0.05) is 18.9 Å². The van der Waals surface area contributed by atoms with Gasteiger partial charge in [-0.15, -0.1) is 0 Å². The number of rotatable bonds is 4. The Labute approximate surface area is 60.9 Å². The maximum Gasteiger partial charge on any atom is 0.0945 e. The van der Waals surface area contributed by atoms with E-state index in [9.17, 15) is 0 Å². The Morgan fingerprint density at radius 1 is 1.40 bits per heavy atom. The van der Waals surface area contributed by atoms with Gasteiger partial charge in [-0.05, 0) is 12.8 Å². The summed E-state index contributed by atoms with van der Waals surface area (Å²) < 4.78 is 2.09. The quantitative estimate of drug-likeness (QED) is 0.583. The van der Waals surface area contributed by atoms with E-state index in [4.69, 9.17) is 0 Å². The average molecular weight is 140 g/mol. The molecule has 0 aliphatic heterocycles. The Hall–Kier alpha value is -0.830. The van der Waals surface area contributed by atoms with E-state index in [0.717, 1.165) is 13.1 Å². The second-order valence-electron chi connectivity index (χ2n) is 2.36. The third-order valence-corrected chi connectivity index (χ3v) is 1.48. The second kappa shape index (κ2) is 4.06. The Morgan fingerprint density at radius 3 is 2.90 bits per heavy atom. The number of quaternary nitrogens is 1. The maximum atomic E-state index is 3.95. The molecule has 0 saturated carbocycles. The van der Waals surface area contributed by atoms with Crippen molar-refractivity contribution in [3.8, 4) is 0 Å². The van der Waals surface area contributed by atoms with Crippen LogP contribution < -0.4 is 5.73 Å². The molecular formula is C7H14N3+. The molecule has 0 radical (unpaired) electrons. The van der Waals surface area contributed by atoms with E-state index in [1.807, 2.05) is 18.7 Å². The highest BCUT2D eigenvalue weighted by Crippen LogP contribution is 1.92. The van der Waals surface area contributed by atoms with Gasteiger partial charge in [0.05, 0.1) is 12.9 Å². The zero-order valence-corrected chi connectivity index (χ0v) is 6.16. The predicted molar refractivity (Wildman–Crippen MR) is 39.2 cm³/mol. The molecule has 56 valence electrons. The van der Waals surface area contributed by atoms with Crippen molar-refractivity contribution in [2.45, 2.75) is 19.4 Å². The van der Waals surface area contributed by atoms with Gasteiger partial charge in [0.25, 0.3) is 0 Å². The fraction of sp³-hybridized carbons (Fsp3) is 0.571. The van der Waals surface area contributed by atoms with E-state index < -0.39 is 0 Å². The maximum absolute atomic E-state index is 3.95. The normalized spacial score (nSPS) is 10.1. The minimum Gasteiger partial charge on any atom is -0.358 e. The van der Waals surface area contributed by atoms with Crippen molar-refractivity contribution >= 4 is 0 Å². The lowest BCUT2D eigenvalue weighted by molar-refractivity contribution is -0.368. The fourth-order valence-electron chi connectivity index (χ4n) is 0.890. The summed E-state index contributed by atoms with van der Waals surface area (Å²) in [6.45, 7) is 2.12. The molecule has 0 aliphatic rings. The molecule has 1 aromatic heterocycles. The predicted octanol–water partition coefficient (Wildman–Crippen LogP) is -0.0948. The molecule has 3 nitrogen and oxygen atoms in total. The lowest BCUT2D eigenvalue weighted by atomic mass is 10.3. The van der Waals surface area contributed by atoms with Crippen LogP contribution in [0.5, 0.6) is 0 Å². The van der Waals surface area contributed by atoms with Crippen LogP contribution in [0.25, 0.3) is 0 Å². The molecule has 0 fully saturated rings. The monoisotopic (exact) mass is 140 g/mol. The standard InChI is InChI=1S/C7H13N3/c8-3-1-2-5-10-6-4-9-7-10/h4,6-7H,1-3,5,8H2/p+1. The Morgan fingerprint density at radius 2 is 2.30 bits per heavy atom. The minimum atomic E-state index is 1.04. The molecule has 0 bridgehead atoms. The van der Waals surface area contributed by atoms with Crippen LogP contribution in [-0.2, 0) is 6.54 Å². The molecule has 3 heteroatoms. The first kappa shape index (κ1) is 7.28. The summed E-state index contributed by atoms with van der Waals surface area (Å²) in [7, 11) is 0. The minimum absolute atomic E-state index is 1.04. The highest BCUT2D eigenvalue weighted by atomic mass is 15.0. The van der Waals surface area contributed by atoms with Crippen molar-refractivity contribution in [2.24, 2.45) is 0 Å². The van der Waals surface area contributed by atoms with Crippen molar-refractivity contribution in [3.05, 3.63) is 18.7 Å². The smallest absolute Gasteiger partial charge is 0.0945 e. The molecular weight excluding hydrogens is 126 g/mol. The van der Waals surface area contributed by atoms with Gasteiger partial charge in [0.15, 0.2) is 0 Å². The zero-order chi connectivity index (χ0) is 7.23. The summed E-state index contributed by atoms with van der Waals surface area (Å²) in [5.41, 5.74) is 3.78. The average Bonchev–Trinajstić information content (AvgIpc) is 2.41. The molecule has 1 aromatic rings. The van der Waals surface area contributed by atoms with Crippen LogP contribution in [0.15, 0.2) is 18.7 Å². The molecule has 0 aromatic carbocycles. The molecule has 0 spiro atoms. The Bertz CT molecular complexity index is 157. The SMILES string of the molecule is [NH3+]CCCCn1ccnc1. The first-order valence-electron chi connectivity index (χ1n) is 3.68. The number of nitrogens with zero attached hydrogens (tertiary/aromatic N) is 2. The van der Waals surface area contributed by atoms with E-state index in [1.165, 1.54) is 12.8 Å². The van der Waals surface area contributed by atoms with Crippen molar-refractivity contribution in [2.75, 3.05) is 6.54 Å². The molecule has 1 heterocycles. The molecule has 1 rings (SSSR count). The van der Waals surface area contributed by atoms with Crippen LogP contribution in [0, 0.1) is 0 Å². The number of hydrogen-bond donors (Lipinski definition) is 1. The number of unbranched alkanes of at least 4 members (excludes halogenated alkanes) is 1. The van der Waals surface area contributed by atoms with Crippen LogP contribution >= 0.6 is 0 Å². The molecule has 3 N–H and O–H groups in total. The van der Waals surface area contributed by atoms with Gasteiger partial charge in [-0.2, -0.15) is 0 Å². The summed E-state index contributed by atoms with van der Waals surface area (Å²) >= 11 is 0. The number of aryl methyl sites for hydroxylation is 1. The summed E-state index contributed by atoms with van der Waals surface area (Å²) in [4.78, 5) is 3.95. The van der Waals surface area contributed by atoms with Gasteiger partial charge >= 0.3 is 0 Å². The Balaban J connectivity index is 2.15. The number of imidazole rings is 1. The van der Waals surface area contributed by atoms with E-state index in [0.29, 0.717) is 0 Å². The lowest BCUT2D eigenvalue weighted by Gasteiger charge is -1.97. The first-order valence-corrected chi connectivity index (χ1v) is 3.68. The second-order valence-corrected chi connectivity index (χ2v) is 2.36. The van der Waals surface area contributed by atoms with Crippen LogP contribution in [0.2, 0.25) is 0 Å². The first-order chi connectivity index (χ1) is 4.93. The molecule has 0 aliphatic carbocycles. The summed E-state index contributed by atoms with van der Waals surface area (Å²) in [5.74, 6) is 0. The Kier molecular flexibility index (Phi) is 2.96. The fourth-order valence-corrected chi connectivity index (χ4v) is 0.890. The van der Waals surface area contributed by atoms with Crippen molar-refractivity contribution in [3.63, 3.8) is 0 Å². The van der Waals surface area contributed by atoms with E-state index in [2.05, 4.69) is 15.3 Å². The largest absolute Gasteiger partial charge is 0.358 e. The molecule has 0 unspecified atom stereocenters. The highest BCUT2D eigenvalue weighted by molar-refractivity contribution is 4.73. The number of aromatic nitrogens is 2.